The highest BCUT2D eigenvalue weighted by molar-refractivity contribution is 7.74. The van der Waals surface area contributed by atoms with Crippen molar-refractivity contribution in [3.8, 4) is 5.75 Å². The Kier molecular flexibility index (Phi) is 5.62. The van der Waals surface area contributed by atoms with E-state index in [4.69, 9.17) is 4.74 Å². The van der Waals surface area contributed by atoms with Crippen LogP contribution in [0, 0.1) is 0 Å². The molecule has 2 aromatic rings. The third-order valence-corrected chi connectivity index (χ3v) is 3.07. The molecule has 0 aromatic heterocycles. The Morgan fingerprint density at radius 1 is 1.05 bits per heavy atom. The van der Waals surface area contributed by atoms with E-state index in [0.717, 1.165) is 5.56 Å². The molecular formula is C15H13O5S-. The van der Waals surface area contributed by atoms with Crippen molar-refractivity contribution >= 4 is 17.6 Å². The first-order valence-electron chi connectivity index (χ1n) is 6.16. The van der Waals surface area contributed by atoms with Crippen LogP contribution in [0.5, 0.6) is 5.75 Å². The summed E-state index contributed by atoms with van der Waals surface area (Å²) in [5.41, 5.74) is 1.92. The number of carbonyl (C=O) groups excluding carboxylic acids is 1. The van der Waals surface area contributed by atoms with Crippen LogP contribution in [0.15, 0.2) is 48.5 Å². The zero-order valence-corrected chi connectivity index (χ0v) is 11.9. The van der Waals surface area contributed by atoms with Crippen molar-refractivity contribution in [2.45, 2.75) is 13.2 Å². The minimum Gasteiger partial charge on any atom is -0.750 e. The minimum atomic E-state index is -2.58. The molecule has 1 unspecified atom stereocenters. The number of hydrogen-bond donors (Lipinski definition) is 0. The van der Waals surface area contributed by atoms with Crippen molar-refractivity contribution in [3.05, 3.63) is 65.2 Å². The molecule has 21 heavy (non-hydrogen) atoms. The van der Waals surface area contributed by atoms with Gasteiger partial charge in [-0.2, -0.15) is 0 Å². The van der Waals surface area contributed by atoms with Crippen molar-refractivity contribution in [3.63, 3.8) is 0 Å². The summed E-state index contributed by atoms with van der Waals surface area (Å²) in [5.74, 6) is 0.445. The SMILES string of the molecule is O=Cc1cc(COS(=O)[O-])ccc1OCc1ccccc1. The van der Waals surface area contributed by atoms with Gasteiger partial charge >= 0.3 is 0 Å². The molecule has 0 radical (unpaired) electrons. The van der Waals surface area contributed by atoms with Gasteiger partial charge in [-0.1, -0.05) is 36.4 Å². The van der Waals surface area contributed by atoms with Gasteiger partial charge in [0, 0.05) is 0 Å². The molecule has 0 amide bonds. The average molecular weight is 305 g/mol. The lowest BCUT2D eigenvalue weighted by Gasteiger charge is -2.11. The summed E-state index contributed by atoms with van der Waals surface area (Å²) in [6, 6.07) is 14.4. The normalized spacial score (nSPS) is 11.9. The molecular weight excluding hydrogens is 292 g/mol. The van der Waals surface area contributed by atoms with Crippen LogP contribution < -0.4 is 4.74 Å². The summed E-state index contributed by atoms with van der Waals surface area (Å²) < 4.78 is 30.7. The van der Waals surface area contributed by atoms with E-state index >= 15 is 0 Å². The minimum absolute atomic E-state index is 0.115. The van der Waals surface area contributed by atoms with E-state index in [9.17, 15) is 13.6 Å². The van der Waals surface area contributed by atoms with Gasteiger partial charge in [-0.05, 0) is 23.3 Å². The molecule has 0 fully saturated rings. The zero-order valence-electron chi connectivity index (χ0n) is 11.1. The second-order valence-corrected chi connectivity index (χ2v) is 4.87. The predicted molar refractivity (Wildman–Crippen MR) is 76.3 cm³/mol. The summed E-state index contributed by atoms with van der Waals surface area (Å²) in [7, 11) is 0. The number of ether oxygens (including phenoxy) is 1. The standard InChI is InChI=1S/C15H14O5S/c16-9-14-8-13(11-20-21(17)18)6-7-15(14)19-10-12-4-2-1-3-5-12/h1-9H,10-11H2,(H,17,18)/p-1. The maximum Gasteiger partial charge on any atom is 0.153 e. The fraction of sp³-hybridized carbons (Fsp3) is 0.133. The Balaban J connectivity index is 2.05. The van der Waals surface area contributed by atoms with E-state index in [1.165, 1.54) is 0 Å². The van der Waals surface area contributed by atoms with Crippen LogP contribution >= 0.6 is 0 Å². The van der Waals surface area contributed by atoms with E-state index in [1.807, 2.05) is 30.3 Å². The van der Waals surface area contributed by atoms with Crippen LogP contribution in [0.25, 0.3) is 0 Å². The first-order chi connectivity index (χ1) is 10.2. The van der Waals surface area contributed by atoms with E-state index in [1.54, 1.807) is 18.2 Å². The number of hydrogen-bond acceptors (Lipinski definition) is 5. The van der Waals surface area contributed by atoms with E-state index in [0.29, 0.717) is 29.8 Å². The second kappa shape index (κ2) is 7.68. The number of aldehydes is 1. The maximum absolute atomic E-state index is 11.1. The Morgan fingerprint density at radius 3 is 2.48 bits per heavy atom. The first-order valence-corrected chi connectivity index (χ1v) is 7.16. The smallest absolute Gasteiger partial charge is 0.153 e. The Labute approximate surface area is 125 Å². The summed E-state index contributed by atoms with van der Waals surface area (Å²) in [4.78, 5) is 11.1. The van der Waals surface area contributed by atoms with Crippen LogP contribution in [-0.2, 0) is 28.8 Å². The first kappa shape index (κ1) is 15.4. The Bertz CT molecular complexity index is 627. The van der Waals surface area contributed by atoms with Gasteiger partial charge in [-0.15, -0.1) is 0 Å². The molecule has 0 aliphatic heterocycles. The summed E-state index contributed by atoms with van der Waals surface area (Å²) in [6.45, 7) is 0.234. The largest absolute Gasteiger partial charge is 0.750 e. The molecule has 2 aromatic carbocycles. The van der Waals surface area contributed by atoms with Crippen molar-refractivity contribution in [2.24, 2.45) is 0 Å². The molecule has 110 valence electrons. The van der Waals surface area contributed by atoms with E-state index < -0.39 is 11.4 Å². The second-order valence-electron chi connectivity index (χ2n) is 4.23. The van der Waals surface area contributed by atoms with Crippen molar-refractivity contribution < 1.29 is 22.5 Å². The molecule has 0 N–H and O–H groups in total. The van der Waals surface area contributed by atoms with Crippen LogP contribution in [0.3, 0.4) is 0 Å². The quantitative estimate of drug-likeness (QED) is 0.580. The summed E-state index contributed by atoms with van der Waals surface area (Å²) >= 11 is -2.58. The summed E-state index contributed by atoms with van der Waals surface area (Å²) in [5, 5.41) is 0. The van der Waals surface area contributed by atoms with Crippen molar-refractivity contribution in [1.29, 1.82) is 0 Å². The molecule has 0 saturated carbocycles. The van der Waals surface area contributed by atoms with E-state index in [2.05, 4.69) is 4.18 Å². The molecule has 0 spiro atoms. The third-order valence-electron chi connectivity index (χ3n) is 2.76. The predicted octanol–water partition coefficient (Wildman–Crippen LogP) is 2.39. The fourth-order valence-electron chi connectivity index (χ4n) is 1.76. The number of carbonyl (C=O) groups is 1. The van der Waals surface area contributed by atoms with Gasteiger partial charge in [0.2, 0.25) is 0 Å². The highest BCUT2D eigenvalue weighted by Gasteiger charge is 2.05. The van der Waals surface area contributed by atoms with Crippen molar-refractivity contribution in [2.75, 3.05) is 0 Å². The molecule has 5 nitrogen and oxygen atoms in total. The number of rotatable bonds is 7. The topological polar surface area (TPSA) is 75.7 Å². The third kappa shape index (κ3) is 4.78. The van der Waals surface area contributed by atoms with Crippen LogP contribution in [-0.4, -0.2) is 15.0 Å². The lowest BCUT2D eigenvalue weighted by atomic mass is 10.1. The van der Waals surface area contributed by atoms with Gasteiger partial charge in [-0.25, -0.2) is 4.21 Å². The van der Waals surface area contributed by atoms with Crippen LogP contribution in [0.4, 0.5) is 0 Å². The molecule has 0 aliphatic rings. The summed E-state index contributed by atoms with van der Waals surface area (Å²) in [6.07, 6.45) is 0.665. The zero-order chi connectivity index (χ0) is 15.1. The Hall–Kier alpha value is -2.02. The molecule has 2 rings (SSSR count). The lowest BCUT2D eigenvalue weighted by molar-refractivity contribution is 0.111. The van der Waals surface area contributed by atoms with Gasteiger partial charge in [-0.3, -0.25) is 8.98 Å². The maximum atomic E-state index is 11.1. The van der Waals surface area contributed by atoms with Gasteiger partial charge in [0.25, 0.3) is 0 Å². The average Bonchev–Trinajstić information content (AvgIpc) is 2.52. The molecule has 0 aliphatic carbocycles. The van der Waals surface area contributed by atoms with Gasteiger partial charge in [0.15, 0.2) is 6.29 Å². The van der Waals surface area contributed by atoms with Gasteiger partial charge in [0.05, 0.1) is 23.5 Å². The lowest BCUT2D eigenvalue weighted by Crippen LogP contribution is -2.01. The molecule has 0 saturated heterocycles. The highest BCUT2D eigenvalue weighted by Crippen LogP contribution is 2.20. The van der Waals surface area contributed by atoms with Gasteiger partial charge in [0.1, 0.15) is 12.4 Å². The van der Waals surface area contributed by atoms with E-state index in [-0.39, 0.29) is 6.61 Å². The van der Waals surface area contributed by atoms with Crippen molar-refractivity contribution in [1.82, 2.24) is 0 Å². The highest BCUT2D eigenvalue weighted by atomic mass is 32.2. The molecule has 1 atom stereocenters. The van der Waals surface area contributed by atoms with Gasteiger partial charge < -0.3 is 9.29 Å². The molecule has 0 bridgehead atoms. The molecule has 0 heterocycles. The Morgan fingerprint density at radius 2 is 1.81 bits per heavy atom. The number of benzene rings is 2. The fourth-order valence-corrected chi connectivity index (χ4v) is 2.00. The van der Waals surface area contributed by atoms with Crippen LogP contribution in [0.2, 0.25) is 0 Å². The monoisotopic (exact) mass is 305 g/mol. The molecule has 6 heteroatoms. The van der Waals surface area contributed by atoms with Crippen LogP contribution in [0.1, 0.15) is 21.5 Å².